The number of hydrogen-bond donors (Lipinski definition) is 3. The minimum Gasteiger partial charge on any atom is -0.503 e. The molecule has 0 aliphatic carbocycles. The lowest BCUT2D eigenvalue weighted by molar-refractivity contribution is 0.458. The molecule has 2 aromatic heterocycles. The molecule has 0 aliphatic heterocycles. The number of fused-ring (bicyclic) bond motifs is 2. The maximum Gasteiger partial charge on any atom is 0.248 e. The van der Waals surface area contributed by atoms with Crippen molar-refractivity contribution in [2.45, 2.75) is 45.4 Å². The predicted molar refractivity (Wildman–Crippen MR) is 123 cm³/mol. The number of aromatic nitrogens is 2. The van der Waals surface area contributed by atoms with Crippen LogP contribution in [0.1, 0.15) is 44.7 Å². The molecule has 0 unspecified atom stereocenters. The molecule has 0 fully saturated rings. The SMILES string of the molecule is CCCCCCCc1[nH]c2ccccc2c(=O)c1O.O=c1ccc2ccccc2[nH]1. The van der Waals surface area contributed by atoms with Crippen LogP contribution in [-0.4, -0.2) is 15.1 Å². The van der Waals surface area contributed by atoms with Gasteiger partial charge in [-0.15, -0.1) is 0 Å². The highest BCUT2D eigenvalue weighted by molar-refractivity contribution is 5.80. The fourth-order valence-corrected chi connectivity index (χ4v) is 3.46. The van der Waals surface area contributed by atoms with Gasteiger partial charge in [0, 0.05) is 22.5 Å². The standard InChI is InChI=1S/C16H21NO2.C9H7NO/c1-2-3-4-5-6-11-14-16(19)15(18)12-9-7-8-10-13(12)17-14;11-9-6-5-7-3-1-2-4-8(7)10-9/h7-10,19H,2-6,11H2,1H3,(H,17,18);1-6H,(H,10,11). The minimum absolute atomic E-state index is 0.0521. The Morgan fingerprint density at radius 3 is 2.27 bits per heavy atom. The van der Waals surface area contributed by atoms with Crippen molar-refractivity contribution in [3.8, 4) is 5.75 Å². The molecule has 0 spiro atoms. The average molecular weight is 405 g/mol. The van der Waals surface area contributed by atoms with Gasteiger partial charge >= 0.3 is 0 Å². The van der Waals surface area contributed by atoms with Gasteiger partial charge in [-0.2, -0.15) is 0 Å². The number of rotatable bonds is 6. The molecule has 0 amide bonds. The molecule has 4 aromatic rings. The number of aromatic hydroxyl groups is 1. The molecule has 2 aromatic carbocycles. The first-order chi connectivity index (χ1) is 14.6. The van der Waals surface area contributed by atoms with Crippen LogP contribution < -0.4 is 11.0 Å². The van der Waals surface area contributed by atoms with Crippen LogP contribution in [0.4, 0.5) is 0 Å². The van der Waals surface area contributed by atoms with E-state index in [1.807, 2.05) is 42.5 Å². The third-order valence-corrected chi connectivity index (χ3v) is 5.12. The van der Waals surface area contributed by atoms with Crippen molar-refractivity contribution in [1.82, 2.24) is 9.97 Å². The molecule has 156 valence electrons. The molecule has 0 bridgehead atoms. The number of hydrogen-bond acceptors (Lipinski definition) is 3. The van der Waals surface area contributed by atoms with Gasteiger partial charge in [0.15, 0.2) is 5.75 Å². The smallest absolute Gasteiger partial charge is 0.248 e. The highest BCUT2D eigenvalue weighted by Crippen LogP contribution is 2.18. The quantitative estimate of drug-likeness (QED) is 0.382. The van der Waals surface area contributed by atoms with Crippen molar-refractivity contribution in [1.29, 1.82) is 0 Å². The summed E-state index contributed by atoms with van der Waals surface area (Å²) in [5.41, 5.74) is 2.04. The lowest BCUT2D eigenvalue weighted by Gasteiger charge is -2.07. The first-order valence-corrected chi connectivity index (χ1v) is 10.5. The van der Waals surface area contributed by atoms with Gasteiger partial charge in [0.2, 0.25) is 11.0 Å². The first kappa shape index (κ1) is 21.4. The molecule has 0 saturated heterocycles. The van der Waals surface area contributed by atoms with Gasteiger partial charge < -0.3 is 15.1 Å². The van der Waals surface area contributed by atoms with E-state index in [0.717, 1.165) is 35.7 Å². The van der Waals surface area contributed by atoms with Gasteiger partial charge in [-0.1, -0.05) is 62.9 Å². The van der Waals surface area contributed by atoms with E-state index in [0.29, 0.717) is 11.1 Å². The molecule has 30 heavy (non-hydrogen) atoms. The molecule has 5 nitrogen and oxygen atoms in total. The summed E-state index contributed by atoms with van der Waals surface area (Å²) in [7, 11) is 0. The molecule has 3 N–H and O–H groups in total. The molecule has 0 saturated carbocycles. The van der Waals surface area contributed by atoms with Crippen LogP contribution in [0, 0.1) is 0 Å². The fourth-order valence-electron chi connectivity index (χ4n) is 3.46. The van der Waals surface area contributed by atoms with E-state index >= 15 is 0 Å². The number of aryl methyl sites for hydroxylation is 1. The molecule has 0 atom stereocenters. The summed E-state index contributed by atoms with van der Waals surface area (Å²) in [6.07, 6.45) is 6.56. The van der Waals surface area contributed by atoms with Crippen LogP contribution in [0.2, 0.25) is 0 Å². The molecule has 0 aliphatic rings. The van der Waals surface area contributed by atoms with Crippen LogP contribution in [-0.2, 0) is 6.42 Å². The van der Waals surface area contributed by atoms with Crippen molar-refractivity contribution in [3.05, 3.63) is 86.9 Å². The summed E-state index contributed by atoms with van der Waals surface area (Å²) in [5, 5.41) is 11.6. The van der Waals surface area contributed by atoms with Crippen molar-refractivity contribution in [2.24, 2.45) is 0 Å². The summed E-state index contributed by atoms with van der Waals surface area (Å²) < 4.78 is 0. The largest absolute Gasteiger partial charge is 0.503 e. The highest BCUT2D eigenvalue weighted by atomic mass is 16.3. The Labute approximate surface area is 175 Å². The Kier molecular flexibility index (Phi) is 7.44. The number of benzene rings is 2. The summed E-state index contributed by atoms with van der Waals surface area (Å²) in [6.45, 7) is 2.19. The zero-order valence-corrected chi connectivity index (χ0v) is 17.3. The fraction of sp³-hybridized carbons (Fsp3) is 0.280. The van der Waals surface area contributed by atoms with E-state index in [4.69, 9.17) is 0 Å². The Hall–Kier alpha value is -3.34. The Morgan fingerprint density at radius 1 is 0.767 bits per heavy atom. The summed E-state index contributed by atoms with van der Waals surface area (Å²) in [6, 6.07) is 18.3. The Balaban J connectivity index is 0.000000196. The Bertz CT molecular complexity index is 1220. The van der Waals surface area contributed by atoms with Crippen LogP contribution in [0.3, 0.4) is 0 Å². The van der Waals surface area contributed by atoms with E-state index < -0.39 is 0 Å². The number of para-hydroxylation sites is 2. The van der Waals surface area contributed by atoms with Crippen LogP contribution >= 0.6 is 0 Å². The second-order valence-electron chi connectivity index (χ2n) is 7.40. The van der Waals surface area contributed by atoms with Crippen molar-refractivity contribution < 1.29 is 5.11 Å². The van der Waals surface area contributed by atoms with Gasteiger partial charge in [0.05, 0.1) is 5.69 Å². The monoisotopic (exact) mass is 404 g/mol. The van der Waals surface area contributed by atoms with E-state index in [9.17, 15) is 14.7 Å². The highest BCUT2D eigenvalue weighted by Gasteiger charge is 2.09. The lowest BCUT2D eigenvalue weighted by atomic mass is 10.1. The number of aromatic amines is 2. The molecular weight excluding hydrogens is 376 g/mol. The zero-order chi connectivity index (χ0) is 21.3. The number of nitrogens with one attached hydrogen (secondary N) is 2. The molecule has 4 rings (SSSR count). The normalized spacial score (nSPS) is 10.7. The average Bonchev–Trinajstić information content (AvgIpc) is 2.77. The second kappa shape index (κ2) is 10.4. The van der Waals surface area contributed by atoms with Crippen molar-refractivity contribution >= 4 is 21.8 Å². The van der Waals surface area contributed by atoms with Crippen molar-refractivity contribution in [2.75, 3.05) is 0 Å². The molecular formula is C25H28N2O3. The van der Waals surface area contributed by atoms with Gasteiger partial charge in [-0.25, -0.2) is 0 Å². The molecule has 2 heterocycles. The zero-order valence-electron chi connectivity index (χ0n) is 17.3. The number of unbranched alkanes of at least 4 members (excludes halogenated alkanes) is 4. The second-order valence-corrected chi connectivity index (χ2v) is 7.40. The first-order valence-electron chi connectivity index (χ1n) is 10.5. The minimum atomic E-state index is -0.266. The lowest BCUT2D eigenvalue weighted by Crippen LogP contribution is -2.07. The number of pyridine rings is 2. The van der Waals surface area contributed by atoms with E-state index in [1.54, 1.807) is 12.1 Å². The summed E-state index contributed by atoms with van der Waals surface area (Å²) >= 11 is 0. The maximum absolute atomic E-state index is 12.0. The van der Waals surface area contributed by atoms with E-state index in [1.165, 1.54) is 25.3 Å². The van der Waals surface area contributed by atoms with Crippen LogP contribution in [0.25, 0.3) is 21.8 Å². The van der Waals surface area contributed by atoms with Crippen LogP contribution in [0.5, 0.6) is 5.75 Å². The third kappa shape index (κ3) is 5.38. The van der Waals surface area contributed by atoms with Gasteiger partial charge in [0.25, 0.3) is 0 Å². The molecule has 0 radical (unpaired) electrons. The summed E-state index contributed by atoms with van der Waals surface area (Å²) in [4.78, 5) is 28.8. The summed E-state index contributed by atoms with van der Waals surface area (Å²) in [5.74, 6) is -0.116. The van der Waals surface area contributed by atoms with Gasteiger partial charge in [-0.3, -0.25) is 9.59 Å². The van der Waals surface area contributed by atoms with Crippen molar-refractivity contribution in [3.63, 3.8) is 0 Å². The number of H-pyrrole nitrogens is 2. The van der Waals surface area contributed by atoms with E-state index in [2.05, 4.69) is 16.9 Å². The predicted octanol–water partition coefficient (Wildman–Crippen LogP) is 5.27. The molecule has 5 heteroatoms. The topological polar surface area (TPSA) is 85.9 Å². The van der Waals surface area contributed by atoms with E-state index in [-0.39, 0.29) is 16.7 Å². The van der Waals surface area contributed by atoms with Gasteiger partial charge in [0.1, 0.15) is 0 Å². The Morgan fingerprint density at radius 2 is 1.47 bits per heavy atom. The van der Waals surface area contributed by atoms with Gasteiger partial charge in [-0.05, 0) is 42.5 Å². The maximum atomic E-state index is 12.0. The van der Waals surface area contributed by atoms with Crippen LogP contribution in [0.15, 0.2) is 70.3 Å². The third-order valence-electron chi connectivity index (χ3n) is 5.12.